The number of nitrogens with one attached hydrogen (secondary N) is 1. The highest BCUT2D eigenvalue weighted by Gasteiger charge is 2.33. The molecule has 0 radical (unpaired) electrons. The Morgan fingerprint density at radius 2 is 2.00 bits per heavy atom. The number of carbonyl (C=O) groups excluding carboxylic acids is 3. The lowest BCUT2D eigenvalue weighted by Crippen LogP contribution is -2.49. The van der Waals surface area contributed by atoms with Crippen molar-refractivity contribution in [2.75, 3.05) is 18.0 Å². The fourth-order valence-corrected chi connectivity index (χ4v) is 2.77. The van der Waals surface area contributed by atoms with Crippen molar-refractivity contribution in [1.29, 1.82) is 0 Å². The summed E-state index contributed by atoms with van der Waals surface area (Å²) >= 11 is 0. The number of anilines is 1. The second kappa shape index (κ2) is 8.65. The van der Waals surface area contributed by atoms with Crippen LogP contribution in [0.5, 0.6) is 5.75 Å². The van der Waals surface area contributed by atoms with Gasteiger partial charge < -0.3 is 10.1 Å². The third-order valence-corrected chi connectivity index (χ3v) is 4.23. The first kappa shape index (κ1) is 19.0. The van der Waals surface area contributed by atoms with E-state index in [-0.39, 0.29) is 24.1 Å². The number of amides is 2. The van der Waals surface area contributed by atoms with Gasteiger partial charge in [0.1, 0.15) is 12.3 Å². The third kappa shape index (κ3) is 4.81. The van der Waals surface area contributed by atoms with E-state index in [4.69, 9.17) is 4.74 Å². The van der Waals surface area contributed by atoms with Crippen molar-refractivity contribution < 1.29 is 19.1 Å². The van der Waals surface area contributed by atoms with Crippen LogP contribution in [-0.2, 0) is 9.59 Å². The largest absolute Gasteiger partial charge is 0.479 e. The van der Waals surface area contributed by atoms with Crippen molar-refractivity contribution in [3.8, 4) is 5.75 Å². The quantitative estimate of drug-likeness (QED) is 0.580. The Hall–Kier alpha value is -2.37. The van der Waals surface area contributed by atoms with Gasteiger partial charge in [0.15, 0.2) is 11.9 Å². The second-order valence-electron chi connectivity index (χ2n) is 6.33. The molecule has 0 aromatic heterocycles. The topological polar surface area (TPSA) is 75.7 Å². The van der Waals surface area contributed by atoms with E-state index in [1.807, 2.05) is 0 Å². The molecular weight excluding hydrogens is 320 g/mol. The van der Waals surface area contributed by atoms with Gasteiger partial charge in [0.25, 0.3) is 5.91 Å². The minimum atomic E-state index is -0.659. The van der Waals surface area contributed by atoms with Gasteiger partial charge in [0, 0.05) is 12.1 Å². The smallest absolute Gasteiger partial charge is 0.268 e. The van der Waals surface area contributed by atoms with Gasteiger partial charge in [-0.15, -0.1) is 0 Å². The molecule has 0 spiro atoms. The van der Waals surface area contributed by atoms with Crippen LogP contribution < -0.4 is 15.0 Å². The summed E-state index contributed by atoms with van der Waals surface area (Å²) in [6, 6.07) is 4.94. The van der Waals surface area contributed by atoms with Crippen LogP contribution in [0.15, 0.2) is 18.2 Å². The highest BCUT2D eigenvalue weighted by atomic mass is 16.5. The van der Waals surface area contributed by atoms with Crippen LogP contribution in [0.25, 0.3) is 0 Å². The maximum atomic E-state index is 12.5. The molecule has 0 saturated carbocycles. The number of fused-ring (bicyclic) bond motifs is 1. The van der Waals surface area contributed by atoms with Gasteiger partial charge in [-0.3, -0.25) is 19.3 Å². The molecule has 2 rings (SSSR count). The van der Waals surface area contributed by atoms with Crippen molar-refractivity contribution in [2.45, 2.75) is 52.6 Å². The lowest BCUT2D eigenvalue weighted by Gasteiger charge is -2.32. The number of rotatable bonds is 8. The first-order chi connectivity index (χ1) is 11.9. The van der Waals surface area contributed by atoms with Crippen molar-refractivity contribution in [1.82, 2.24) is 5.32 Å². The summed E-state index contributed by atoms with van der Waals surface area (Å²) < 4.78 is 5.58. The normalized spacial score (nSPS) is 16.2. The molecule has 0 fully saturated rings. The van der Waals surface area contributed by atoms with Gasteiger partial charge in [-0.2, -0.15) is 0 Å². The maximum absolute atomic E-state index is 12.5. The summed E-state index contributed by atoms with van der Waals surface area (Å²) in [6.07, 6.45) is 3.64. The van der Waals surface area contributed by atoms with Crippen LogP contribution in [0, 0.1) is 0 Å². The summed E-state index contributed by atoms with van der Waals surface area (Å²) in [4.78, 5) is 37.7. The van der Waals surface area contributed by atoms with Crippen LogP contribution in [0.2, 0.25) is 0 Å². The van der Waals surface area contributed by atoms with Crippen LogP contribution in [0.3, 0.4) is 0 Å². The predicted molar refractivity (Wildman–Crippen MR) is 96.0 cm³/mol. The molecule has 1 aromatic rings. The Labute approximate surface area is 148 Å². The molecule has 1 heterocycles. The third-order valence-electron chi connectivity index (χ3n) is 4.23. The zero-order valence-corrected chi connectivity index (χ0v) is 15.1. The number of Topliss-reactive ketones (excluding diaryl/α,β-unsaturated/α-hetero) is 1. The molecule has 6 heteroatoms. The number of carbonyl (C=O) groups is 3. The van der Waals surface area contributed by atoms with Gasteiger partial charge in [0.2, 0.25) is 5.91 Å². The minimum Gasteiger partial charge on any atom is -0.479 e. The monoisotopic (exact) mass is 346 g/mol. The van der Waals surface area contributed by atoms with Crippen LogP contribution in [-0.4, -0.2) is 36.8 Å². The molecule has 0 saturated heterocycles. The summed E-state index contributed by atoms with van der Waals surface area (Å²) in [5.41, 5.74) is 0.951. The molecule has 1 aliphatic rings. The number of nitrogens with zero attached hydrogens (tertiary/aromatic N) is 1. The Balaban J connectivity index is 2.08. The van der Waals surface area contributed by atoms with Crippen LogP contribution in [0.1, 0.15) is 56.8 Å². The van der Waals surface area contributed by atoms with Crippen molar-refractivity contribution in [3.05, 3.63) is 23.8 Å². The SMILES string of the molecule is CCCCCCNC(=O)CN1C(=O)C(C)Oc2ccc(C(C)=O)cc21. The van der Waals surface area contributed by atoms with E-state index in [9.17, 15) is 14.4 Å². The highest BCUT2D eigenvalue weighted by Crippen LogP contribution is 2.34. The Morgan fingerprint density at radius 1 is 1.24 bits per heavy atom. The summed E-state index contributed by atoms with van der Waals surface area (Å²) in [5.74, 6) is -0.0884. The van der Waals surface area contributed by atoms with Gasteiger partial charge in [-0.05, 0) is 38.5 Å². The second-order valence-corrected chi connectivity index (χ2v) is 6.33. The fraction of sp³-hybridized carbons (Fsp3) is 0.526. The number of benzene rings is 1. The Morgan fingerprint density at radius 3 is 2.68 bits per heavy atom. The molecule has 6 nitrogen and oxygen atoms in total. The average molecular weight is 346 g/mol. The molecule has 1 unspecified atom stereocenters. The van der Waals surface area contributed by atoms with Gasteiger partial charge >= 0.3 is 0 Å². The number of hydrogen-bond donors (Lipinski definition) is 1. The molecule has 1 N–H and O–H groups in total. The molecule has 136 valence electrons. The fourth-order valence-electron chi connectivity index (χ4n) is 2.77. The van der Waals surface area contributed by atoms with Crippen molar-refractivity contribution in [3.63, 3.8) is 0 Å². The van der Waals surface area contributed by atoms with E-state index in [2.05, 4.69) is 12.2 Å². The standard InChI is InChI=1S/C19H26N2O4/c1-4-5-6-7-10-20-18(23)12-21-16-11-15(13(2)22)8-9-17(16)25-14(3)19(21)24/h8-9,11,14H,4-7,10,12H2,1-3H3,(H,20,23). The molecule has 25 heavy (non-hydrogen) atoms. The van der Waals surface area contributed by atoms with E-state index < -0.39 is 6.10 Å². The number of hydrogen-bond acceptors (Lipinski definition) is 4. The van der Waals surface area contributed by atoms with E-state index in [0.29, 0.717) is 23.5 Å². The molecule has 0 bridgehead atoms. The highest BCUT2D eigenvalue weighted by molar-refractivity contribution is 6.05. The lowest BCUT2D eigenvalue weighted by atomic mass is 10.1. The first-order valence-corrected chi connectivity index (χ1v) is 8.83. The van der Waals surface area contributed by atoms with E-state index in [0.717, 1.165) is 25.7 Å². The number of unbranched alkanes of at least 4 members (excludes halogenated alkanes) is 3. The lowest BCUT2D eigenvalue weighted by molar-refractivity contribution is -0.128. The Bertz CT molecular complexity index is 657. The zero-order valence-electron chi connectivity index (χ0n) is 15.1. The summed E-state index contributed by atoms with van der Waals surface area (Å²) in [7, 11) is 0. The molecular formula is C19H26N2O4. The van der Waals surface area contributed by atoms with E-state index in [1.54, 1.807) is 25.1 Å². The van der Waals surface area contributed by atoms with E-state index in [1.165, 1.54) is 11.8 Å². The van der Waals surface area contributed by atoms with Crippen LogP contribution >= 0.6 is 0 Å². The summed E-state index contributed by atoms with van der Waals surface area (Å²) in [5, 5.41) is 2.85. The minimum absolute atomic E-state index is 0.0747. The average Bonchev–Trinajstić information content (AvgIpc) is 2.58. The van der Waals surface area contributed by atoms with Gasteiger partial charge in [-0.25, -0.2) is 0 Å². The summed E-state index contributed by atoms with van der Waals surface area (Å²) in [6.45, 7) is 5.78. The first-order valence-electron chi connectivity index (χ1n) is 8.83. The van der Waals surface area contributed by atoms with Gasteiger partial charge in [-0.1, -0.05) is 26.2 Å². The number of ketones is 1. The molecule has 1 aromatic carbocycles. The zero-order chi connectivity index (χ0) is 18.4. The molecule has 0 aliphatic carbocycles. The van der Waals surface area contributed by atoms with E-state index >= 15 is 0 Å². The molecule has 1 atom stereocenters. The molecule has 1 aliphatic heterocycles. The number of ether oxygens (including phenoxy) is 1. The van der Waals surface area contributed by atoms with Crippen LogP contribution in [0.4, 0.5) is 5.69 Å². The predicted octanol–water partition coefficient (Wildman–Crippen LogP) is 2.70. The van der Waals surface area contributed by atoms with Gasteiger partial charge in [0.05, 0.1) is 5.69 Å². The maximum Gasteiger partial charge on any atom is 0.268 e. The van der Waals surface area contributed by atoms with Crippen molar-refractivity contribution in [2.24, 2.45) is 0 Å². The Kier molecular flexibility index (Phi) is 6.56. The molecule has 2 amide bonds. The van der Waals surface area contributed by atoms with Crippen molar-refractivity contribution >= 4 is 23.3 Å².